The second kappa shape index (κ2) is 37.2. The first-order valence-electron chi connectivity index (χ1n) is 12.8. The Morgan fingerprint density at radius 2 is 0.844 bits per heavy atom. The maximum atomic E-state index is 10.8. The van der Waals surface area contributed by atoms with Gasteiger partial charge in [-0.3, -0.25) is 9.59 Å². The number of rotatable bonds is 20. The van der Waals surface area contributed by atoms with Crippen molar-refractivity contribution in [3.05, 3.63) is 0 Å². The first-order valence-corrected chi connectivity index (χ1v) is 12.8. The summed E-state index contributed by atoms with van der Waals surface area (Å²) < 4.78 is 4.58. The third kappa shape index (κ3) is 42.9. The lowest BCUT2D eigenvalue weighted by atomic mass is 10.1. The summed E-state index contributed by atoms with van der Waals surface area (Å²) in [5.41, 5.74) is 0. The fourth-order valence-electron chi connectivity index (χ4n) is 3.27. The lowest BCUT2D eigenvalue weighted by molar-refractivity contribution is -0.141. The van der Waals surface area contributed by atoms with Crippen LogP contribution in [0.3, 0.4) is 0 Å². The molecule has 0 aromatic heterocycles. The molecule has 0 radical (unpaired) electrons. The van der Waals surface area contributed by atoms with Crippen LogP contribution in [0.4, 0.5) is 0 Å². The van der Waals surface area contributed by atoms with Gasteiger partial charge in [-0.05, 0) is 12.8 Å². The molecule has 0 aromatic carbocycles. The smallest absolute Gasteiger partial charge is 0.305 e. The van der Waals surface area contributed by atoms with E-state index in [4.69, 9.17) is 10.2 Å². The van der Waals surface area contributed by atoms with Gasteiger partial charge in [-0.1, -0.05) is 124 Å². The molecular weight excluding hydrogens is 404 g/mol. The summed E-state index contributed by atoms with van der Waals surface area (Å²) in [7, 11) is 2.45. The molecule has 0 aromatic rings. The Labute approximate surface area is 200 Å². The summed E-state index contributed by atoms with van der Waals surface area (Å²) in [6.07, 6.45) is 23.6. The molecule has 2 N–H and O–H groups in total. The maximum absolute atomic E-state index is 10.8. The Bertz CT molecular complexity index is 345. The first-order chi connectivity index (χ1) is 15.1. The van der Waals surface area contributed by atoms with Crippen molar-refractivity contribution < 1.29 is 24.5 Å². The second-order valence-corrected chi connectivity index (χ2v) is 8.13. The lowest BCUT2D eigenvalue weighted by Crippen LogP contribution is -1.99. The van der Waals surface area contributed by atoms with Crippen molar-refractivity contribution in [1.82, 2.24) is 0 Å². The predicted octanol–water partition coefficient (Wildman–Crippen LogP) is 8.32. The predicted molar refractivity (Wildman–Crippen MR) is 138 cm³/mol. The third-order valence-corrected chi connectivity index (χ3v) is 5.21. The van der Waals surface area contributed by atoms with E-state index >= 15 is 0 Å². The summed E-state index contributed by atoms with van der Waals surface area (Å²) >= 11 is 0. The minimum absolute atomic E-state index is 0. The first kappa shape index (κ1) is 38.2. The fourth-order valence-corrected chi connectivity index (χ4v) is 3.27. The van der Waals surface area contributed by atoms with Gasteiger partial charge in [0.2, 0.25) is 0 Å². The number of aliphatic hydroxyl groups excluding tert-OH is 1. The van der Waals surface area contributed by atoms with E-state index in [1.807, 2.05) is 0 Å². The monoisotopic (exact) mass is 462 g/mol. The van der Waals surface area contributed by atoms with Crippen LogP contribution in [0.15, 0.2) is 0 Å². The Morgan fingerprint density at radius 1 is 0.562 bits per heavy atom. The highest BCUT2D eigenvalue weighted by atomic mass is 16.5. The van der Waals surface area contributed by atoms with Gasteiger partial charge < -0.3 is 14.9 Å². The molecule has 0 saturated carbocycles. The molecule has 0 spiro atoms. The van der Waals surface area contributed by atoms with Crippen LogP contribution in [-0.2, 0) is 14.3 Å². The second-order valence-electron chi connectivity index (χ2n) is 8.13. The molecule has 5 nitrogen and oxygen atoms in total. The van der Waals surface area contributed by atoms with E-state index in [1.54, 1.807) is 0 Å². The quantitative estimate of drug-likeness (QED) is 0.140. The molecule has 0 atom stereocenters. The minimum Gasteiger partial charge on any atom is -0.481 e. The van der Waals surface area contributed by atoms with E-state index in [0.29, 0.717) is 12.8 Å². The number of carbonyl (C=O) groups excluding carboxylic acids is 1. The molecule has 0 saturated heterocycles. The van der Waals surface area contributed by atoms with E-state index in [1.165, 1.54) is 103 Å². The molecular formula is C27H58O5. The standard InChI is InChI=1S/C13H26O2.C12H24O2.CH4O.CH4/c1-3-4-5-6-7-8-9-10-11-12-13(14)15-2;1-2-3-4-5-6-7-8-9-10-11-12(13)14;1-2;/h3-12H2,1-2H3;2-11H2,1H3,(H,13,14);2H,1H3;1H4. The van der Waals surface area contributed by atoms with E-state index < -0.39 is 5.97 Å². The zero-order valence-electron chi connectivity index (χ0n) is 21.3. The number of carboxylic acids is 1. The summed E-state index contributed by atoms with van der Waals surface area (Å²) in [5.74, 6) is -0.731. The molecule has 0 unspecified atom stereocenters. The number of carboxylic acid groups (broad SMARTS) is 1. The number of hydrogen-bond donors (Lipinski definition) is 2. The van der Waals surface area contributed by atoms with Crippen LogP contribution in [0.2, 0.25) is 0 Å². The number of ether oxygens (including phenoxy) is 1. The average Bonchev–Trinajstić information content (AvgIpc) is 2.78. The van der Waals surface area contributed by atoms with Gasteiger partial charge in [0.15, 0.2) is 0 Å². The highest BCUT2D eigenvalue weighted by Crippen LogP contribution is 2.11. The SMILES string of the molecule is C.CCCCCCCCCCCC(=O)O.CCCCCCCCCCCC(=O)OC.CO. The Kier molecular flexibility index (Phi) is 44.4. The minimum atomic E-state index is -0.659. The van der Waals surface area contributed by atoms with Crippen LogP contribution in [0.5, 0.6) is 0 Å². The summed E-state index contributed by atoms with van der Waals surface area (Å²) in [5, 5.41) is 15.4. The Morgan fingerprint density at radius 3 is 1.12 bits per heavy atom. The van der Waals surface area contributed by atoms with E-state index in [9.17, 15) is 9.59 Å². The highest BCUT2D eigenvalue weighted by molar-refractivity contribution is 5.69. The average molecular weight is 463 g/mol. The molecule has 5 heteroatoms. The maximum Gasteiger partial charge on any atom is 0.305 e. The lowest BCUT2D eigenvalue weighted by Gasteiger charge is -2.01. The zero-order valence-corrected chi connectivity index (χ0v) is 21.3. The van der Waals surface area contributed by atoms with Gasteiger partial charge in [-0.2, -0.15) is 0 Å². The molecule has 0 amide bonds. The molecule has 0 heterocycles. The largest absolute Gasteiger partial charge is 0.481 e. The molecule has 0 rings (SSSR count). The highest BCUT2D eigenvalue weighted by Gasteiger charge is 1.99. The number of methoxy groups -OCH3 is 1. The number of aliphatic carboxylic acids is 1. The fraction of sp³-hybridized carbons (Fsp3) is 0.926. The summed E-state index contributed by atoms with van der Waals surface area (Å²) in [4.78, 5) is 21.0. The van der Waals surface area contributed by atoms with Gasteiger partial charge in [0, 0.05) is 20.0 Å². The molecule has 0 fully saturated rings. The topological polar surface area (TPSA) is 83.8 Å². The van der Waals surface area contributed by atoms with Crippen molar-refractivity contribution in [2.75, 3.05) is 14.2 Å². The van der Waals surface area contributed by atoms with Crippen LogP contribution in [0.1, 0.15) is 150 Å². The molecule has 0 aliphatic carbocycles. The van der Waals surface area contributed by atoms with Gasteiger partial charge >= 0.3 is 11.9 Å². The molecule has 32 heavy (non-hydrogen) atoms. The number of esters is 1. The van der Waals surface area contributed by atoms with Crippen LogP contribution in [0.25, 0.3) is 0 Å². The van der Waals surface area contributed by atoms with Gasteiger partial charge in [0.05, 0.1) is 7.11 Å². The summed E-state index contributed by atoms with van der Waals surface area (Å²) in [6, 6.07) is 0. The number of hydrogen-bond acceptors (Lipinski definition) is 4. The Balaban J connectivity index is -0.000000221. The van der Waals surface area contributed by atoms with Crippen molar-refractivity contribution in [2.24, 2.45) is 0 Å². The van der Waals surface area contributed by atoms with Gasteiger partial charge in [-0.25, -0.2) is 0 Å². The number of unbranched alkanes of at least 4 members (excludes halogenated alkanes) is 16. The van der Waals surface area contributed by atoms with Gasteiger partial charge in [0.1, 0.15) is 0 Å². The molecule has 0 aliphatic heterocycles. The molecule has 0 bridgehead atoms. The van der Waals surface area contributed by atoms with Crippen LogP contribution in [-0.4, -0.2) is 36.4 Å². The van der Waals surface area contributed by atoms with Crippen molar-refractivity contribution in [1.29, 1.82) is 0 Å². The van der Waals surface area contributed by atoms with E-state index in [0.717, 1.165) is 26.4 Å². The van der Waals surface area contributed by atoms with Gasteiger partial charge in [0.25, 0.3) is 0 Å². The van der Waals surface area contributed by atoms with Crippen LogP contribution >= 0.6 is 0 Å². The van der Waals surface area contributed by atoms with E-state index in [-0.39, 0.29) is 13.4 Å². The Hall–Kier alpha value is -1.10. The van der Waals surface area contributed by atoms with Crippen LogP contribution in [0, 0.1) is 0 Å². The number of aliphatic hydroxyl groups is 1. The van der Waals surface area contributed by atoms with Crippen molar-refractivity contribution in [2.45, 2.75) is 150 Å². The molecule has 196 valence electrons. The van der Waals surface area contributed by atoms with Gasteiger partial charge in [-0.15, -0.1) is 0 Å². The summed E-state index contributed by atoms with van der Waals surface area (Å²) in [6.45, 7) is 4.47. The number of carbonyl (C=O) groups is 2. The van der Waals surface area contributed by atoms with Crippen LogP contribution < -0.4 is 0 Å². The zero-order chi connectivity index (χ0) is 24.0. The van der Waals surface area contributed by atoms with Crippen molar-refractivity contribution >= 4 is 11.9 Å². The molecule has 0 aliphatic rings. The van der Waals surface area contributed by atoms with E-state index in [2.05, 4.69) is 18.6 Å². The normalized spacial score (nSPS) is 9.53. The van der Waals surface area contributed by atoms with Crippen molar-refractivity contribution in [3.63, 3.8) is 0 Å². The van der Waals surface area contributed by atoms with Crippen molar-refractivity contribution in [3.8, 4) is 0 Å². The third-order valence-electron chi connectivity index (χ3n) is 5.21.